The van der Waals surface area contributed by atoms with Crippen LogP contribution in [0.5, 0.6) is 0 Å². The third kappa shape index (κ3) is 3.25. The van der Waals surface area contributed by atoms with Gasteiger partial charge in [0.15, 0.2) is 5.78 Å². The molecule has 0 amide bonds. The molecule has 5 nitrogen and oxygen atoms in total. The van der Waals surface area contributed by atoms with E-state index in [1.54, 1.807) is 19.9 Å². The van der Waals surface area contributed by atoms with Crippen LogP contribution in [0.1, 0.15) is 19.4 Å². The average Bonchev–Trinajstić information content (AvgIpc) is 2.35. The van der Waals surface area contributed by atoms with E-state index in [1.807, 2.05) is 6.07 Å². The standard InChI is InChI=1S/C13H12N2O3/c1-9(2)13(16)11(8-14)6-10-4-3-5-12(7-10)15(17)18/h3-7,9H,1-2H3/b11-6+. The smallest absolute Gasteiger partial charge is 0.270 e. The summed E-state index contributed by atoms with van der Waals surface area (Å²) in [5.74, 6) is -0.557. The van der Waals surface area contributed by atoms with Crippen molar-refractivity contribution < 1.29 is 9.72 Å². The molecule has 0 heterocycles. The molecule has 0 atom stereocenters. The Hall–Kier alpha value is -2.48. The molecule has 0 spiro atoms. The number of allylic oxidation sites excluding steroid dienone is 1. The number of nitro groups is 1. The minimum absolute atomic E-state index is 0.00509. The fraction of sp³-hybridized carbons (Fsp3) is 0.231. The summed E-state index contributed by atoms with van der Waals surface area (Å²) in [6, 6.07) is 7.62. The van der Waals surface area contributed by atoms with Gasteiger partial charge in [-0.2, -0.15) is 5.26 Å². The molecular weight excluding hydrogens is 232 g/mol. The molecule has 0 radical (unpaired) electrons. The van der Waals surface area contributed by atoms with Gasteiger partial charge in [0.2, 0.25) is 0 Å². The highest BCUT2D eigenvalue weighted by Crippen LogP contribution is 2.17. The predicted octanol–water partition coefficient (Wildman–Crippen LogP) is 2.73. The highest BCUT2D eigenvalue weighted by atomic mass is 16.6. The second kappa shape index (κ2) is 5.73. The quantitative estimate of drug-likeness (QED) is 0.353. The van der Waals surface area contributed by atoms with E-state index in [-0.39, 0.29) is 23.0 Å². The summed E-state index contributed by atoms with van der Waals surface area (Å²) in [5, 5.41) is 19.5. The van der Waals surface area contributed by atoms with E-state index in [4.69, 9.17) is 5.26 Å². The van der Waals surface area contributed by atoms with Crippen molar-refractivity contribution in [3.8, 4) is 6.07 Å². The van der Waals surface area contributed by atoms with Crippen LogP contribution in [-0.2, 0) is 4.79 Å². The first-order valence-corrected chi connectivity index (χ1v) is 5.36. The van der Waals surface area contributed by atoms with Crippen LogP contribution in [0.15, 0.2) is 29.8 Å². The maximum absolute atomic E-state index is 11.7. The van der Waals surface area contributed by atoms with Gasteiger partial charge < -0.3 is 0 Å². The number of hydrogen-bond acceptors (Lipinski definition) is 4. The van der Waals surface area contributed by atoms with Crippen molar-refractivity contribution in [1.82, 2.24) is 0 Å². The molecular formula is C13H12N2O3. The first-order chi connectivity index (χ1) is 8.45. The van der Waals surface area contributed by atoms with E-state index >= 15 is 0 Å². The number of nitrogens with zero attached hydrogens (tertiary/aromatic N) is 2. The van der Waals surface area contributed by atoms with Gasteiger partial charge in [-0.3, -0.25) is 14.9 Å². The molecule has 1 rings (SSSR count). The van der Waals surface area contributed by atoms with Gasteiger partial charge in [-0.15, -0.1) is 0 Å². The van der Waals surface area contributed by atoms with Crippen molar-refractivity contribution in [3.63, 3.8) is 0 Å². The third-order valence-electron chi connectivity index (χ3n) is 2.30. The molecule has 1 aromatic rings. The van der Waals surface area contributed by atoms with Crippen molar-refractivity contribution in [2.24, 2.45) is 5.92 Å². The van der Waals surface area contributed by atoms with E-state index < -0.39 is 4.92 Å². The molecule has 1 aromatic carbocycles. The Labute approximate surface area is 105 Å². The molecule has 92 valence electrons. The Morgan fingerprint density at radius 1 is 1.50 bits per heavy atom. The number of ketones is 1. The van der Waals surface area contributed by atoms with E-state index in [0.717, 1.165) is 0 Å². The molecule has 0 N–H and O–H groups in total. The van der Waals surface area contributed by atoms with Gasteiger partial charge in [0.1, 0.15) is 6.07 Å². The van der Waals surface area contributed by atoms with Gasteiger partial charge in [0, 0.05) is 18.1 Å². The Balaban J connectivity index is 3.15. The van der Waals surface area contributed by atoms with Crippen molar-refractivity contribution in [1.29, 1.82) is 5.26 Å². The number of benzene rings is 1. The molecule has 0 saturated heterocycles. The summed E-state index contributed by atoms with van der Waals surface area (Å²) < 4.78 is 0. The van der Waals surface area contributed by atoms with Gasteiger partial charge in [0.25, 0.3) is 5.69 Å². The molecule has 0 aliphatic heterocycles. The monoisotopic (exact) mass is 244 g/mol. The number of nitro benzene ring substituents is 1. The third-order valence-corrected chi connectivity index (χ3v) is 2.30. The number of carbonyl (C=O) groups excluding carboxylic acids is 1. The van der Waals surface area contributed by atoms with Crippen LogP contribution >= 0.6 is 0 Å². The summed E-state index contributed by atoms with van der Waals surface area (Å²) in [7, 11) is 0. The number of Topliss-reactive ketones (excluding diaryl/α,β-unsaturated/α-hetero) is 1. The van der Waals surface area contributed by atoms with Crippen molar-refractivity contribution >= 4 is 17.5 Å². The molecule has 5 heteroatoms. The number of nitriles is 1. The largest absolute Gasteiger partial charge is 0.293 e. The molecule has 0 saturated carbocycles. The zero-order valence-corrected chi connectivity index (χ0v) is 10.1. The average molecular weight is 244 g/mol. The van der Waals surface area contributed by atoms with Crippen molar-refractivity contribution in [3.05, 3.63) is 45.5 Å². The summed E-state index contributed by atoms with van der Waals surface area (Å²) >= 11 is 0. The van der Waals surface area contributed by atoms with Gasteiger partial charge >= 0.3 is 0 Å². The zero-order valence-electron chi connectivity index (χ0n) is 10.1. The molecule has 18 heavy (non-hydrogen) atoms. The van der Waals surface area contributed by atoms with Gasteiger partial charge in [0.05, 0.1) is 10.5 Å². The highest BCUT2D eigenvalue weighted by Gasteiger charge is 2.13. The van der Waals surface area contributed by atoms with Crippen LogP contribution < -0.4 is 0 Å². The van der Waals surface area contributed by atoms with Crippen LogP contribution in [0.25, 0.3) is 6.08 Å². The van der Waals surface area contributed by atoms with E-state index in [0.29, 0.717) is 5.56 Å². The van der Waals surface area contributed by atoms with Crippen LogP contribution in [0.4, 0.5) is 5.69 Å². The summed E-state index contributed by atoms with van der Waals surface area (Å²) in [6.45, 7) is 3.39. The summed E-state index contributed by atoms with van der Waals surface area (Å²) in [6.07, 6.45) is 1.37. The Kier molecular flexibility index (Phi) is 4.33. The second-order valence-electron chi connectivity index (χ2n) is 4.04. The zero-order chi connectivity index (χ0) is 13.7. The molecule has 0 bridgehead atoms. The second-order valence-corrected chi connectivity index (χ2v) is 4.04. The van der Waals surface area contributed by atoms with Crippen LogP contribution in [-0.4, -0.2) is 10.7 Å². The minimum atomic E-state index is -0.520. The first-order valence-electron chi connectivity index (χ1n) is 5.36. The Morgan fingerprint density at radius 3 is 2.67 bits per heavy atom. The number of hydrogen-bond donors (Lipinski definition) is 0. The lowest BCUT2D eigenvalue weighted by Crippen LogP contribution is -2.08. The van der Waals surface area contributed by atoms with Crippen molar-refractivity contribution in [2.45, 2.75) is 13.8 Å². The van der Waals surface area contributed by atoms with Crippen molar-refractivity contribution in [2.75, 3.05) is 0 Å². The van der Waals surface area contributed by atoms with Crippen LogP contribution in [0.3, 0.4) is 0 Å². The van der Waals surface area contributed by atoms with Crippen LogP contribution in [0, 0.1) is 27.4 Å². The fourth-order valence-electron chi connectivity index (χ4n) is 1.36. The molecule has 0 fully saturated rings. The Bertz CT molecular complexity index is 554. The maximum Gasteiger partial charge on any atom is 0.270 e. The van der Waals surface area contributed by atoms with E-state index in [1.165, 1.54) is 24.3 Å². The lowest BCUT2D eigenvalue weighted by atomic mass is 10.00. The number of carbonyl (C=O) groups is 1. The topological polar surface area (TPSA) is 84.0 Å². The number of rotatable bonds is 4. The van der Waals surface area contributed by atoms with Crippen LogP contribution in [0.2, 0.25) is 0 Å². The highest BCUT2D eigenvalue weighted by molar-refractivity contribution is 6.04. The van der Waals surface area contributed by atoms with E-state index in [9.17, 15) is 14.9 Å². The molecule has 0 unspecified atom stereocenters. The maximum atomic E-state index is 11.7. The Morgan fingerprint density at radius 2 is 2.17 bits per heavy atom. The van der Waals surface area contributed by atoms with Gasteiger partial charge in [-0.05, 0) is 11.6 Å². The van der Waals surface area contributed by atoms with Gasteiger partial charge in [-0.25, -0.2) is 0 Å². The first kappa shape index (κ1) is 13.6. The molecule has 0 aliphatic rings. The molecule has 0 aliphatic carbocycles. The fourth-order valence-corrected chi connectivity index (χ4v) is 1.36. The van der Waals surface area contributed by atoms with Gasteiger partial charge in [-0.1, -0.05) is 26.0 Å². The molecule has 0 aromatic heterocycles. The summed E-state index contributed by atoms with van der Waals surface area (Å²) in [4.78, 5) is 21.8. The summed E-state index contributed by atoms with van der Waals surface area (Å²) in [5.41, 5.74) is 0.401. The minimum Gasteiger partial charge on any atom is -0.293 e. The SMILES string of the molecule is CC(C)C(=O)/C(C#N)=C/c1cccc([N+](=O)[O-])c1. The normalized spacial score (nSPS) is 11.1. The lowest BCUT2D eigenvalue weighted by molar-refractivity contribution is -0.384. The lowest BCUT2D eigenvalue weighted by Gasteiger charge is -2.02. The predicted molar refractivity (Wildman–Crippen MR) is 66.5 cm³/mol. The van der Waals surface area contributed by atoms with E-state index in [2.05, 4.69) is 0 Å². The number of non-ortho nitro benzene ring substituents is 1.